The molecule has 0 spiro atoms. The summed E-state index contributed by atoms with van der Waals surface area (Å²) in [5.74, 6) is -0.812. The van der Waals surface area contributed by atoms with Crippen LogP contribution in [0.15, 0.2) is 12.2 Å². The molecule has 2 atom stereocenters. The number of rotatable bonds is 37. The van der Waals surface area contributed by atoms with E-state index < -0.39 is 26.5 Å². The van der Waals surface area contributed by atoms with Gasteiger partial charge in [0.25, 0.3) is 0 Å². The van der Waals surface area contributed by atoms with Gasteiger partial charge in [-0.15, -0.1) is 0 Å². The number of likely N-dealkylation sites (N-methyl/N-ethyl adjacent to an activating group) is 1. The van der Waals surface area contributed by atoms with Crippen molar-refractivity contribution in [3.8, 4) is 0 Å². The van der Waals surface area contributed by atoms with E-state index >= 15 is 0 Å². The van der Waals surface area contributed by atoms with Crippen LogP contribution in [0, 0.1) is 0 Å². The lowest BCUT2D eigenvalue weighted by atomic mass is 10.0. The third-order valence-corrected chi connectivity index (χ3v) is 9.37. The minimum absolute atomic E-state index is 0.0153. The number of carbonyl (C=O) groups excluding carboxylic acids is 2. The largest absolute Gasteiger partial charge is 0.472 e. The summed E-state index contributed by atoms with van der Waals surface area (Å²) in [5.41, 5.74) is 0. The number of nitrogens with one attached hydrogen (secondary N) is 1. The Balaban J connectivity index is 4.25. The van der Waals surface area contributed by atoms with Crippen LogP contribution in [0.4, 0.5) is 0 Å². The van der Waals surface area contributed by atoms with Crippen LogP contribution in [0.2, 0.25) is 0 Å². The smallest absolute Gasteiger partial charge is 0.462 e. The second-order valence-corrected chi connectivity index (χ2v) is 14.6. The van der Waals surface area contributed by atoms with Gasteiger partial charge in [0.05, 0.1) is 13.2 Å². The SMILES string of the molecule is CCCC/C=C\CCCCCCCC(=O)OCC(COP(=O)(O)OCCNC)OC(=O)CCCCCCCCCCCCCCCCC. The first kappa shape index (κ1) is 46.8. The Labute approximate surface area is 294 Å². The molecular formula is C38H74NO8P. The van der Waals surface area contributed by atoms with Crippen molar-refractivity contribution in [3.05, 3.63) is 12.2 Å². The number of ether oxygens (including phenoxy) is 2. The van der Waals surface area contributed by atoms with E-state index in [0.29, 0.717) is 13.0 Å². The van der Waals surface area contributed by atoms with Gasteiger partial charge < -0.3 is 19.7 Å². The molecule has 0 saturated heterocycles. The summed E-state index contributed by atoms with van der Waals surface area (Å²) in [6, 6.07) is 0. The van der Waals surface area contributed by atoms with Crippen LogP contribution in [0.3, 0.4) is 0 Å². The summed E-state index contributed by atoms with van der Waals surface area (Å²) in [5, 5.41) is 2.82. The molecule has 0 aliphatic rings. The molecule has 0 bridgehead atoms. The zero-order valence-electron chi connectivity index (χ0n) is 31.2. The quantitative estimate of drug-likeness (QED) is 0.0282. The number of phosphoric ester groups is 1. The summed E-state index contributed by atoms with van der Waals surface area (Å²) in [6.07, 6.45) is 32.5. The Hall–Kier alpha value is -1.25. The van der Waals surface area contributed by atoms with Gasteiger partial charge in [-0.25, -0.2) is 4.57 Å². The van der Waals surface area contributed by atoms with Crippen molar-refractivity contribution < 1.29 is 37.6 Å². The van der Waals surface area contributed by atoms with Crippen molar-refractivity contribution in [2.75, 3.05) is 33.4 Å². The summed E-state index contributed by atoms with van der Waals surface area (Å²) in [6.45, 7) is 4.18. The second kappa shape index (κ2) is 35.6. The van der Waals surface area contributed by atoms with E-state index in [1.807, 2.05) is 0 Å². The first-order valence-electron chi connectivity index (χ1n) is 19.6. The van der Waals surface area contributed by atoms with Crippen molar-refractivity contribution in [1.82, 2.24) is 5.32 Å². The monoisotopic (exact) mass is 704 g/mol. The fourth-order valence-corrected chi connectivity index (χ4v) is 6.11. The molecule has 0 radical (unpaired) electrons. The predicted octanol–water partition coefficient (Wildman–Crippen LogP) is 10.5. The molecule has 0 rings (SSSR count). The number of unbranched alkanes of at least 4 members (excludes halogenated alkanes) is 21. The molecule has 0 fully saturated rings. The fraction of sp³-hybridized carbons (Fsp3) is 0.895. The minimum Gasteiger partial charge on any atom is -0.462 e. The van der Waals surface area contributed by atoms with Gasteiger partial charge in [-0.05, 0) is 39.2 Å². The highest BCUT2D eigenvalue weighted by atomic mass is 31.2. The van der Waals surface area contributed by atoms with Gasteiger partial charge in [-0.2, -0.15) is 0 Å². The second-order valence-electron chi connectivity index (χ2n) is 13.1. The van der Waals surface area contributed by atoms with Crippen LogP contribution in [-0.4, -0.2) is 56.3 Å². The van der Waals surface area contributed by atoms with Gasteiger partial charge in [0.2, 0.25) is 0 Å². The lowest BCUT2D eigenvalue weighted by Gasteiger charge is -2.20. The molecule has 0 aliphatic carbocycles. The highest BCUT2D eigenvalue weighted by Gasteiger charge is 2.26. The Bertz CT molecular complexity index is 810. The van der Waals surface area contributed by atoms with Crippen molar-refractivity contribution in [2.24, 2.45) is 0 Å². The molecule has 0 saturated carbocycles. The highest BCUT2D eigenvalue weighted by Crippen LogP contribution is 2.43. The molecule has 284 valence electrons. The lowest BCUT2D eigenvalue weighted by molar-refractivity contribution is -0.161. The van der Waals surface area contributed by atoms with Crippen LogP contribution >= 0.6 is 7.82 Å². The maximum Gasteiger partial charge on any atom is 0.472 e. The van der Waals surface area contributed by atoms with E-state index in [-0.39, 0.29) is 32.0 Å². The molecule has 0 amide bonds. The van der Waals surface area contributed by atoms with Crippen molar-refractivity contribution in [1.29, 1.82) is 0 Å². The number of phosphoric acid groups is 1. The molecular weight excluding hydrogens is 629 g/mol. The van der Waals surface area contributed by atoms with Crippen molar-refractivity contribution >= 4 is 19.8 Å². The van der Waals surface area contributed by atoms with Gasteiger partial charge in [-0.3, -0.25) is 18.6 Å². The number of esters is 2. The molecule has 0 aliphatic heterocycles. The summed E-state index contributed by atoms with van der Waals surface area (Å²) >= 11 is 0. The summed E-state index contributed by atoms with van der Waals surface area (Å²) in [7, 11) is -2.64. The van der Waals surface area contributed by atoms with Crippen molar-refractivity contribution in [2.45, 2.75) is 187 Å². The summed E-state index contributed by atoms with van der Waals surface area (Å²) < 4.78 is 33.0. The molecule has 10 heteroatoms. The topological polar surface area (TPSA) is 120 Å². The van der Waals surface area contributed by atoms with Gasteiger partial charge in [0.15, 0.2) is 6.10 Å². The first-order valence-corrected chi connectivity index (χ1v) is 21.1. The Morgan fingerprint density at radius 3 is 1.60 bits per heavy atom. The van der Waals surface area contributed by atoms with Crippen molar-refractivity contribution in [3.63, 3.8) is 0 Å². The molecule has 2 unspecified atom stereocenters. The molecule has 0 heterocycles. The molecule has 2 N–H and O–H groups in total. The van der Waals surface area contributed by atoms with Crippen LogP contribution < -0.4 is 5.32 Å². The van der Waals surface area contributed by atoms with Crippen LogP contribution in [0.25, 0.3) is 0 Å². The Morgan fingerprint density at radius 1 is 0.625 bits per heavy atom. The normalized spacial score (nSPS) is 13.5. The van der Waals surface area contributed by atoms with E-state index in [4.69, 9.17) is 18.5 Å². The third-order valence-electron chi connectivity index (χ3n) is 8.39. The van der Waals surface area contributed by atoms with Gasteiger partial charge in [0.1, 0.15) is 6.61 Å². The van der Waals surface area contributed by atoms with Gasteiger partial charge in [0, 0.05) is 19.4 Å². The van der Waals surface area contributed by atoms with Crippen LogP contribution in [-0.2, 0) is 32.7 Å². The molecule has 48 heavy (non-hydrogen) atoms. The molecule has 0 aromatic rings. The fourth-order valence-electron chi connectivity index (χ4n) is 5.36. The summed E-state index contributed by atoms with van der Waals surface area (Å²) in [4.78, 5) is 34.9. The van der Waals surface area contributed by atoms with E-state index in [1.54, 1.807) is 7.05 Å². The van der Waals surface area contributed by atoms with E-state index in [9.17, 15) is 19.0 Å². The number of allylic oxidation sites excluding steroid dienone is 2. The maximum absolute atomic E-state index is 12.6. The average molecular weight is 704 g/mol. The van der Waals surface area contributed by atoms with E-state index in [0.717, 1.165) is 57.8 Å². The number of hydrogen-bond acceptors (Lipinski definition) is 8. The maximum atomic E-state index is 12.6. The Kier molecular flexibility index (Phi) is 34.6. The van der Waals surface area contributed by atoms with Crippen LogP contribution in [0.5, 0.6) is 0 Å². The van der Waals surface area contributed by atoms with Crippen LogP contribution in [0.1, 0.15) is 181 Å². The minimum atomic E-state index is -4.34. The van der Waals surface area contributed by atoms with E-state index in [1.165, 1.54) is 89.9 Å². The van der Waals surface area contributed by atoms with Gasteiger partial charge in [-0.1, -0.05) is 148 Å². The predicted molar refractivity (Wildman–Crippen MR) is 197 cm³/mol. The van der Waals surface area contributed by atoms with E-state index in [2.05, 4.69) is 31.3 Å². The number of carbonyl (C=O) groups is 2. The molecule has 0 aromatic carbocycles. The zero-order chi connectivity index (χ0) is 35.4. The highest BCUT2D eigenvalue weighted by molar-refractivity contribution is 7.47. The lowest BCUT2D eigenvalue weighted by Crippen LogP contribution is -2.29. The third kappa shape index (κ3) is 34.6. The average Bonchev–Trinajstić information content (AvgIpc) is 3.06. The Morgan fingerprint density at radius 2 is 1.08 bits per heavy atom. The zero-order valence-corrected chi connectivity index (χ0v) is 32.1. The number of hydrogen-bond donors (Lipinski definition) is 2. The standard InChI is InChI=1S/C38H74NO8P/c1-4-6-8-10-12-14-16-17-18-19-21-23-25-27-29-31-38(41)47-36(35-46-48(42,43)45-33-32-39-3)34-44-37(40)30-28-26-24-22-20-15-13-11-9-7-5-2/h11,13,36,39H,4-10,12,14-35H2,1-3H3,(H,42,43)/b13-11-. The van der Waals surface area contributed by atoms with Gasteiger partial charge >= 0.3 is 19.8 Å². The molecule has 9 nitrogen and oxygen atoms in total. The molecule has 0 aromatic heterocycles. The first-order chi connectivity index (χ1) is 23.3.